The van der Waals surface area contributed by atoms with E-state index in [1.165, 1.54) is 44.3 Å². The first kappa shape index (κ1) is 16.5. The molecule has 0 aromatic heterocycles. The molecule has 2 saturated heterocycles. The molecule has 116 valence electrons. The van der Waals surface area contributed by atoms with E-state index in [-0.39, 0.29) is 0 Å². The second-order valence-electron chi connectivity index (χ2n) is 6.51. The third kappa shape index (κ3) is 5.18. The maximum atomic E-state index is 12.4. The number of hydrogen-bond acceptors (Lipinski definition) is 3. The predicted molar refractivity (Wildman–Crippen MR) is 91.1 cm³/mol. The molecule has 0 spiro atoms. The van der Waals surface area contributed by atoms with Crippen molar-refractivity contribution in [2.24, 2.45) is 5.92 Å². The van der Waals surface area contributed by atoms with Crippen LogP contribution in [0.15, 0.2) is 0 Å². The van der Waals surface area contributed by atoms with E-state index in [0.717, 1.165) is 24.6 Å². The van der Waals surface area contributed by atoms with E-state index in [1.54, 1.807) is 0 Å². The van der Waals surface area contributed by atoms with E-state index < -0.39 is 0 Å². The van der Waals surface area contributed by atoms with Crippen LogP contribution in [0.3, 0.4) is 0 Å². The van der Waals surface area contributed by atoms with Crippen molar-refractivity contribution in [2.75, 3.05) is 12.3 Å². The Kier molecular flexibility index (Phi) is 7.09. The Labute approximate surface area is 132 Å². The van der Waals surface area contributed by atoms with Crippen molar-refractivity contribution in [3.05, 3.63) is 0 Å². The predicted octanol–water partition coefficient (Wildman–Crippen LogP) is 4.74. The molecule has 2 rings (SSSR count). The molecule has 0 aromatic carbocycles. The van der Waals surface area contributed by atoms with Crippen LogP contribution in [0, 0.1) is 5.92 Å². The molecule has 20 heavy (non-hydrogen) atoms. The molecule has 4 heteroatoms. The van der Waals surface area contributed by atoms with Gasteiger partial charge in [-0.25, -0.2) is 0 Å². The molecule has 3 atom stereocenters. The number of amides is 1. The minimum absolute atomic E-state index is 0.403. The number of carbonyl (C=O) groups is 1. The fourth-order valence-corrected chi connectivity index (χ4v) is 6.26. The fraction of sp³-hybridized carbons (Fsp3) is 0.938. The second kappa shape index (κ2) is 8.57. The Morgan fingerprint density at radius 1 is 1.20 bits per heavy atom. The van der Waals surface area contributed by atoms with Gasteiger partial charge < -0.3 is 4.90 Å². The summed E-state index contributed by atoms with van der Waals surface area (Å²) in [5, 5.41) is 0.854. The van der Waals surface area contributed by atoms with E-state index in [1.807, 2.05) is 10.8 Å². The summed E-state index contributed by atoms with van der Waals surface area (Å²) in [6.45, 7) is 5.49. The zero-order valence-electron chi connectivity index (χ0n) is 13.0. The van der Waals surface area contributed by atoms with Gasteiger partial charge in [0.15, 0.2) is 0 Å². The van der Waals surface area contributed by atoms with E-state index in [0.29, 0.717) is 17.9 Å². The molecular formula is C16H29NOS2. The lowest BCUT2D eigenvalue weighted by atomic mass is 10.1. The van der Waals surface area contributed by atoms with Gasteiger partial charge in [-0.2, -0.15) is 0 Å². The first-order valence-electron chi connectivity index (χ1n) is 8.24. The van der Waals surface area contributed by atoms with Gasteiger partial charge in [0.2, 0.25) is 5.91 Å². The van der Waals surface area contributed by atoms with Gasteiger partial charge >= 0.3 is 0 Å². The average Bonchev–Trinajstić information content (AvgIpc) is 2.87. The molecule has 2 aliphatic heterocycles. The smallest absolute Gasteiger partial charge is 0.222 e. The van der Waals surface area contributed by atoms with Gasteiger partial charge in [-0.3, -0.25) is 4.79 Å². The van der Waals surface area contributed by atoms with E-state index >= 15 is 0 Å². The molecule has 0 unspecified atom stereocenters. The number of rotatable bonds is 5. The van der Waals surface area contributed by atoms with Crippen LogP contribution in [0.25, 0.3) is 0 Å². The molecule has 2 fully saturated rings. The lowest BCUT2D eigenvalue weighted by Gasteiger charge is -2.29. The quantitative estimate of drug-likeness (QED) is 0.540. The van der Waals surface area contributed by atoms with Gasteiger partial charge in [-0.15, -0.1) is 0 Å². The van der Waals surface area contributed by atoms with Crippen molar-refractivity contribution in [3.8, 4) is 0 Å². The molecule has 0 radical (unpaired) electrons. The summed E-state index contributed by atoms with van der Waals surface area (Å²) >= 11 is 0. The maximum absolute atomic E-state index is 12.4. The van der Waals surface area contributed by atoms with E-state index in [4.69, 9.17) is 0 Å². The molecule has 1 amide bonds. The standard InChI is InChI=1S/C16H29NOS2/c1-13-6-5-7-14(2)17(12-13)16(18)9-4-3-8-15-10-11-19-20-15/h13-15H,3-12H2,1-2H3/t13-,14-,15-/m1/s1. The molecule has 0 bridgehead atoms. The van der Waals surface area contributed by atoms with Crippen molar-refractivity contribution in [2.45, 2.75) is 76.5 Å². The molecule has 0 aliphatic carbocycles. The van der Waals surface area contributed by atoms with Crippen molar-refractivity contribution < 1.29 is 4.79 Å². The summed E-state index contributed by atoms with van der Waals surface area (Å²) in [7, 11) is 4.07. The summed E-state index contributed by atoms with van der Waals surface area (Å²) in [4.78, 5) is 14.6. The number of nitrogens with zero attached hydrogens (tertiary/aromatic N) is 1. The van der Waals surface area contributed by atoms with Gasteiger partial charge in [-0.05, 0) is 44.9 Å². The number of unbranched alkanes of at least 4 members (excludes halogenated alkanes) is 1. The second-order valence-corrected chi connectivity index (χ2v) is 9.29. The SMILES string of the molecule is C[C@@H]1CCC[C@@H](C)N(C(=O)CCCC[C@@H]2CCSS2)C1. The largest absolute Gasteiger partial charge is 0.340 e. The summed E-state index contributed by atoms with van der Waals surface area (Å²) in [6.07, 6.45) is 9.49. The summed E-state index contributed by atoms with van der Waals surface area (Å²) in [5.41, 5.74) is 0. The minimum Gasteiger partial charge on any atom is -0.340 e. The molecule has 2 nitrogen and oxygen atoms in total. The van der Waals surface area contributed by atoms with Crippen LogP contribution in [0.2, 0.25) is 0 Å². The molecule has 0 aromatic rings. The van der Waals surface area contributed by atoms with Crippen LogP contribution >= 0.6 is 21.6 Å². The topological polar surface area (TPSA) is 20.3 Å². The Balaban J connectivity index is 1.67. The van der Waals surface area contributed by atoms with Crippen LogP contribution in [0.5, 0.6) is 0 Å². The van der Waals surface area contributed by atoms with Crippen LogP contribution in [0.4, 0.5) is 0 Å². The lowest BCUT2D eigenvalue weighted by molar-refractivity contribution is -0.133. The minimum atomic E-state index is 0.403. The van der Waals surface area contributed by atoms with Crippen molar-refractivity contribution in [1.29, 1.82) is 0 Å². The Bertz CT molecular complexity index is 305. The van der Waals surface area contributed by atoms with E-state index in [2.05, 4.69) is 29.5 Å². The van der Waals surface area contributed by atoms with Crippen molar-refractivity contribution in [1.82, 2.24) is 4.90 Å². The molecule has 2 heterocycles. The highest BCUT2D eigenvalue weighted by molar-refractivity contribution is 8.77. The lowest BCUT2D eigenvalue weighted by Crippen LogP contribution is -2.39. The normalized spacial score (nSPS) is 31.3. The monoisotopic (exact) mass is 315 g/mol. The number of carbonyl (C=O) groups excluding carboxylic acids is 1. The molecule has 0 saturated carbocycles. The van der Waals surface area contributed by atoms with Crippen LogP contribution < -0.4 is 0 Å². The van der Waals surface area contributed by atoms with Gasteiger partial charge in [0, 0.05) is 30.0 Å². The number of hydrogen-bond donors (Lipinski definition) is 0. The van der Waals surface area contributed by atoms with Crippen LogP contribution in [-0.4, -0.2) is 34.4 Å². The first-order valence-corrected chi connectivity index (χ1v) is 10.6. The zero-order valence-corrected chi connectivity index (χ0v) is 14.6. The van der Waals surface area contributed by atoms with Crippen LogP contribution in [-0.2, 0) is 4.79 Å². The highest BCUT2D eigenvalue weighted by atomic mass is 33.1. The summed E-state index contributed by atoms with van der Waals surface area (Å²) in [5.74, 6) is 2.40. The maximum Gasteiger partial charge on any atom is 0.222 e. The molecule has 2 aliphatic rings. The van der Waals surface area contributed by atoms with Crippen molar-refractivity contribution >= 4 is 27.5 Å². The Morgan fingerprint density at radius 2 is 2.05 bits per heavy atom. The average molecular weight is 316 g/mol. The van der Waals surface area contributed by atoms with Crippen molar-refractivity contribution in [3.63, 3.8) is 0 Å². The van der Waals surface area contributed by atoms with Crippen LogP contribution in [0.1, 0.15) is 65.2 Å². The Hall–Kier alpha value is 0.170. The zero-order chi connectivity index (χ0) is 14.4. The Morgan fingerprint density at radius 3 is 2.80 bits per heavy atom. The van der Waals surface area contributed by atoms with E-state index in [9.17, 15) is 4.79 Å². The summed E-state index contributed by atoms with van der Waals surface area (Å²) in [6, 6.07) is 0.453. The number of likely N-dealkylation sites (tertiary alicyclic amines) is 1. The van der Waals surface area contributed by atoms with Gasteiger partial charge in [-0.1, -0.05) is 41.4 Å². The third-order valence-electron chi connectivity index (χ3n) is 4.57. The molecular weight excluding hydrogens is 286 g/mol. The van der Waals surface area contributed by atoms with Gasteiger partial charge in [0.25, 0.3) is 0 Å². The molecule has 0 N–H and O–H groups in total. The highest BCUT2D eigenvalue weighted by Gasteiger charge is 2.24. The summed E-state index contributed by atoms with van der Waals surface area (Å²) < 4.78 is 0. The van der Waals surface area contributed by atoms with Gasteiger partial charge in [0.05, 0.1) is 0 Å². The van der Waals surface area contributed by atoms with Gasteiger partial charge in [0.1, 0.15) is 0 Å². The fourth-order valence-electron chi connectivity index (χ4n) is 3.23. The first-order chi connectivity index (χ1) is 9.66. The third-order valence-corrected chi connectivity index (χ3v) is 7.58. The highest BCUT2D eigenvalue weighted by Crippen LogP contribution is 2.39.